The Balaban J connectivity index is 1.42. The molecule has 0 atom stereocenters. The minimum absolute atomic E-state index is 0.628. The molecule has 0 unspecified atom stereocenters. The molecule has 0 bridgehead atoms. The van der Waals surface area contributed by atoms with Gasteiger partial charge >= 0.3 is 0 Å². The van der Waals surface area contributed by atoms with Crippen LogP contribution in [0.25, 0.3) is 11.5 Å². The molecule has 4 rings (SSSR count). The highest BCUT2D eigenvalue weighted by atomic mass is 32.2. The smallest absolute Gasteiger partial charge is 0.202 e. The molecule has 1 aromatic carbocycles. The largest absolute Gasteiger partial charge is 0.461 e. The highest BCUT2D eigenvalue weighted by Gasteiger charge is 2.13. The van der Waals surface area contributed by atoms with Crippen molar-refractivity contribution in [1.29, 1.82) is 0 Å². The predicted octanol–water partition coefficient (Wildman–Crippen LogP) is 3.95. The van der Waals surface area contributed by atoms with Crippen molar-refractivity contribution in [1.82, 2.24) is 19.9 Å². The summed E-state index contributed by atoms with van der Waals surface area (Å²) in [7, 11) is 1.98. The third-order valence-electron chi connectivity index (χ3n) is 3.80. The van der Waals surface area contributed by atoms with E-state index >= 15 is 0 Å². The second-order valence-corrected chi connectivity index (χ2v) is 6.51. The van der Waals surface area contributed by atoms with Crippen LogP contribution in [-0.2, 0) is 19.2 Å². The number of rotatable bonds is 6. The van der Waals surface area contributed by atoms with Gasteiger partial charge in [-0.15, -0.1) is 10.2 Å². The molecule has 7 heteroatoms. The number of thioether (sulfide) groups is 1. The van der Waals surface area contributed by atoms with Crippen molar-refractivity contribution >= 4 is 11.8 Å². The minimum atomic E-state index is 0.628. The van der Waals surface area contributed by atoms with Crippen LogP contribution in [0.4, 0.5) is 0 Å². The predicted molar refractivity (Wildman–Crippen MR) is 94.0 cm³/mol. The summed E-state index contributed by atoms with van der Waals surface area (Å²) in [6, 6.07) is 15.8. The van der Waals surface area contributed by atoms with Crippen molar-refractivity contribution < 1.29 is 8.94 Å². The van der Waals surface area contributed by atoms with Crippen molar-refractivity contribution in [3.8, 4) is 11.5 Å². The summed E-state index contributed by atoms with van der Waals surface area (Å²) in [6.07, 6.45) is 2.37. The summed E-state index contributed by atoms with van der Waals surface area (Å²) < 4.78 is 12.6. The van der Waals surface area contributed by atoms with E-state index in [1.54, 1.807) is 18.0 Å². The molecule has 0 N–H and O–H groups in total. The average molecular weight is 352 g/mol. The van der Waals surface area contributed by atoms with Gasteiger partial charge in [0.1, 0.15) is 5.82 Å². The molecule has 0 saturated carbocycles. The van der Waals surface area contributed by atoms with Crippen LogP contribution in [0, 0.1) is 0 Å². The fraction of sp³-hybridized carbons (Fsp3) is 0.167. The molecule has 0 aliphatic carbocycles. The highest BCUT2D eigenvalue weighted by Crippen LogP contribution is 2.25. The number of nitrogens with zero attached hydrogens (tertiary/aromatic N) is 4. The number of aromatic nitrogens is 4. The van der Waals surface area contributed by atoms with E-state index in [0.717, 1.165) is 23.1 Å². The summed E-state index contributed by atoms with van der Waals surface area (Å²) in [5.74, 6) is 2.89. The van der Waals surface area contributed by atoms with Gasteiger partial charge in [0.25, 0.3) is 0 Å². The van der Waals surface area contributed by atoms with E-state index in [1.807, 2.05) is 48.0 Å². The Morgan fingerprint density at radius 1 is 1.04 bits per heavy atom. The van der Waals surface area contributed by atoms with Crippen LogP contribution in [0.2, 0.25) is 0 Å². The molecular formula is C18H16N4O2S. The van der Waals surface area contributed by atoms with Crippen molar-refractivity contribution in [3.05, 3.63) is 71.9 Å². The second kappa shape index (κ2) is 6.98. The van der Waals surface area contributed by atoms with E-state index in [-0.39, 0.29) is 0 Å². The first kappa shape index (κ1) is 15.7. The number of furan rings is 1. The molecule has 0 spiro atoms. The number of hydrogen-bond acceptors (Lipinski definition) is 6. The van der Waals surface area contributed by atoms with Gasteiger partial charge in [0.05, 0.1) is 12.0 Å². The first-order valence-electron chi connectivity index (χ1n) is 7.84. The van der Waals surface area contributed by atoms with Crippen LogP contribution in [0.5, 0.6) is 0 Å². The summed E-state index contributed by atoms with van der Waals surface area (Å²) in [5, 5.41) is 13.5. The maximum atomic E-state index is 5.31. The molecule has 0 saturated heterocycles. The molecule has 126 valence electrons. The molecule has 0 amide bonds. The standard InChI is InChI=1S/C18H16N4O2S/c1-22-17(10-13-6-3-2-4-7-13)19-20-18(22)25-12-14-11-16(24-21-14)15-8-5-9-23-15/h2-9,11H,10,12H2,1H3. The first-order chi connectivity index (χ1) is 12.3. The van der Waals surface area contributed by atoms with Gasteiger partial charge in [-0.25, -0.2) is 0 Å². The maximum absolute atomic E-state index is 5.31. The Kier molecular flexibility index (Phi) is 4.39. The van der Waals surface area contributed by atoms with Crippen LogP contribution in [-0.4, -0.2) is 19.9 Å². The molecule has 25 heavy (non-hydrogen) atoms. The highest BCUT2D eigenvalue weighted by molar-refractivity contribution is 7.98. The van der Waals surface area contributed by atoms with E-state index in [1.165, 1.54) is 5.56 Å². The Hall–Kier alpha value is -2.80. The molecule has 0 fully saturated rings. The van der Waals surface area contributed by atoms with Crippen molar-refractivity contribution in [2.24, 2.45) is 7.05 Å². The van der Waals surface area contributed by atoms with E-state index in [0.29, 0.717) is 17.3 Å². The van der Waals surface area contributed by atoms with Gasteiger partial charge in [-0.3, -0.25) is 0 Å². The Morgan fingerprint density at radius 3 is 2.72 bits per heavy atom. The number of benzene rings is 1. The molecule has 3 aromatic heterocycles. The molecule has 6 nitrogen and oxygen atoms in total. The molecule has 4 aromatic rings. The zero-order chi connectivity index (χ0) is 17.1. The topological polar surface area (TPSA) is 69.9 Å². The fourth-order valence-electron chi connectivity index (χ4n) is 2.46. The normalized spacial score (nSPS) is 11.1. The lowest BCUT2D eigenvalue weighted by molar-refractivity contribution is 0.413. The van der Waals surface area contributed by atoms with Crippen molar-refractivity contribution in [2.75, 3.05) is 0 Å². The minimum Gasteiger partial charge on any atom is -0.461 e. The lowest BCUT2D eigenvalue weighted by Crippen LogP contribution is -2.00. The lowest BCUT2D eigenvalue weighted by atomic mass is 10.1. The SMILES string of the molecule is Cn1c(Cc2ccccc2)nnc1SCc1cc(-c2ccco2)on1. The Labute approximate surface area is 148 Å². The van der Waals surface area contributed by atoms with Gasteiger partial charge in [-0.1, -0.05) is 47.3 Å². The molecule has 0 aliphatic rings. The maximum Gasteiger partial charge on any atom is 0.202 e. The van der Waals surface area contributed by atoms with E-state index < -0.39 is 0 Å². The molecular weight excluding hydrogens is 336 g/mol. The van der Waals surface area contributed by atoms with Gasteiger partial charge in [0.2, 0.25) is 5.76 Å². The number of hydrogen-bond donors (Lipinski definition) is 0. The first-order valence-corrected chi connectivity index (χ1v) is 8.82. The Morgan fingerprint density at radius 2 is 1.92 bits per heavy atom. The lowest BCUT2D eigenvalue weighted by Gasteiger charge is -2.03. The van der Waals surface area contributed by atoms with Gasteiger partial charge in [-0.2, -0.15) is 0 Å². The monoisotopic (exact) mass is 352 g/mol. The van der Waals surface area contributed by atoms with Gasteiger partial charge in [0, 0.05) is 25.3 Å². The van der Waals surface area contributed by atoms with Crippen molar-refractivity contribution in [3.63, 3.8) is 0 Å². The summed E-state index contributed by atoms with van der Waals surface area (Å²) in [6.45, 7) is 0. The average Bonchev–Trinajstić information content (AvgIpc) is 3.37. The van der Waals surface area contributed by atoms with E-state index in [2.05, 4.69) is 27.5 Å². The summed E-state index contributed by atoms with van der Waals surface area (Å²) in [4.78, 5) is 0. The zero-order valence-corrected chi connectivity index (χ0v) is 14.4. The molecule has 3 heterocycles. The van der Waals surface area contributed by atoms with Crippen LogP contribution in [0.1, 0.15) is 17.1 Å². The van der Waals surface area contributed by atoms with Crippen LogP contribution in [0.3, 0.4) is 0 Å². The van der Waals surface area contributed by atoms with Crippen LogP contribution in [0.15, 0.2) is 68.9 Å². The molecule has 0 radical (unpaired) electrons. The third-order valence-corrected chi connectivity index (χ3v) is 4.86. The van der Waals surface area contributed by atoms with Gasteiger partial charge in [-0.05, 0) is 17.7 Å². The van der Waals surface area contributed by atoms with Crippen LogP contribution >= 0.6 is 11.8 Å². The van der Waals surface area contributed by atoms with Gasteiger partial charge in [0.15, 0.2) is 10.9 Å². The van der Waals surface area contributed by atoms with Crippen molar-refractivity contribution in [2.45, 2.75) is 17.3 Å². The fourth-order valence-corrected chi connectivity index (χ4v) is 3.27. The zero-order valence-electron chi connectivity index (χ0n) is 13.6. The summed E-state index contributed by atoms with van der Waals surface area (Å²) in [5.41, 5.74) is 2.05. The molecule has 0 aliphatic heterocycles. The third kappa shape index (κ3) is 3.51. The Bertz CT molecular complexity index is 945. The van der Waals surface area contributed by atoms with E-state index in [9.17, 15) is 0 Å². The van der Waals surface area contributed by atoms with E-state index in [4.69, 9.17) is 8.94 Å². The van der Waals surface area contributed by atoms with Gasteiger partial charge < -0.3 is 13.5 Å². The second-order valence-electron chi connectivity index (χ2n) is 5.57. The van der Waals surface area contributed by atoms with Crippen LogP contribution < -0.4 is 0 Å². The summed E-state index contributed by atoms with van der Waals surface area (Å²) >= 11 is 1.58. The quantitative estimate of drug-likeness (QED) is 0.490.